The van der Waals surface area contributed by atoms with Crippen molar-refractivity contribution in [1.29, 1.82) is 0 Å². The fraction of sp³-hybridized carbons (Fsp3) is 0.300. The number of ether oxygens (including phenoxy) is 1. The molecule has 0 aromatic heterocycles. The molecule has 5 nitrogen and oxygen atoms in total. The molecule has 5 heteroatoms. The normalized spacial score (nSPS) is 19.0. The van der Waals surface area contributed by atoms with Crippen LogP contribution in [0.1, 0.15) is 30.9 Å². The van der Waals surface area contributed by atoms with Crippen molar-refractivity contribution < 1.29 is 19.4 Å². The zero-order valence-electron chi connectivity index (χ0n) is 14.4. The van der Waals surface area contributed by atoms with Crippen LogP contribution in [-0.2, 0) is 21.7 Å². The van der Waals surface area contributed by atoms with Crippen LogP contribution in [0, 0.1) is 0 Å². The van der Waals surface area contributed by atoms with Gasteiger partial charge in [0.25, 0.3) is 5.91 Å². The molecule has 1 heterocycles. The molecule has 1 aliphatic heterocycles. The molecule has 1 aliphatic rings. The summed E-state index contributed by atoms with van der Waals surface area (Å²) in [4.78, 5) is 26.4. The van der Waals surface area contributed by atoms with E-state index in [4.69, 9.17) is 4.74 Å². The Morgan fingerprint density at radius 2 is 1.84 bits per heavy atom. The predicted molar refractivity (Wildman–Crippen MR) is 94.4 cm³/mol. The van der Waals surface area contributed by atoms with E-state index in [2.05, 4.69) is 0 Å². The molecule has 2 aromatic carbocycles. The van der Waals surface area contributed by atoms with Crippen molar-refractivity contribution in [2.24, 2.45) is 0 Å². The maximum Gasteiger partial charge on any atom is 0.264 e. The average Bonchev–Trinajstić information content (AvgIpc) is 2.84. The van der Waals surface area contributed by atoms with Crippen molar-refractivity contribution in [3.8, 4) is 5.75 Å². The topological polar surface area (TPSA) is 66.8 Å². The van der Waals surface area contributed by atoms with Gasteiger partial charge >= 0.3 is 0 Å². The second kappa shape index (κ2) is 6.69. The number of hydrogen-bond donors (Lipinski definition) is 1. The van der Waals surface area contributed by atoms with E-state index in [1.54, 1.807) is 37.1 Å². The summed E-state index contributed by atoms with van der Waals surface area (Å²) in [6, 6.07) is 14.5. The van der Waals surface area contributed by atoms with Gasteiger partial charge in [-0.25, -0.2) is 0 Å². The molecule has 1 amide bonds. The highest BCUT2D eigenvalue weighted by molar-refractivity contribution is 6.08. The number of hydrogen-bond acceptors (Lipinski definition) is 4. The molecule has 1 unspecified atom stereocenters. The molecular formula is C20H21NO4. The van der Waals surface area contributed by atoms with Gasteiger partial charge in [-0.3, -0.25) is 9.59 Å². The Bertz CT molecular complexity index is 800. The van der Waals surface area contributed by atoms with Crippen molar-refractivity contribution in [1.82, 2.24) is 0 Å². The number of ketones is 1. The van der Waals surface area contributed by atoms with Gasteiger partial charge in [-0.2, -0.15) is 0 Å². The van der Waals surface area contributed by atoms with Crippen LogP contribution in [0.25, 0.3) is 0 Å². The minimum Gasteiger partial charge on any atom is -0.497 e. The second-order valence-corrected chi connectivity index (χ2v) is 6.19. The molecular weight excluding hydrogens is 318 g/mol. The fourth-order valence-electron chi connectivity index (χ4n) is 3.16. The highest BCUT2D eigenvalue weighted by atomic mass is 16.5. The number of aliphatic hydroxyl groups is 1. The van der Waals surface area contributed by atoms with Gasteiger partial charge in [0.15, 0.2) is 5.60 Å². The molecule has 0 fully saturated rings. The fourth-order valence-corrected chi connectivity index (χ4v) is 3.16. The van der Waals surface area contributed by atoms with Crippen molar-refractivity contribution in [2.75, 3.05) is 12.0 Å². The van der Waals surface area contributed by atoms with Gasteiger partial charge in [-0.1, -0.05) is 37.3 Å². The molecule has 0 bridgehead atoms. The van der Waals surface area contributed by atoms with Gasteiger partial charge in [0, 0.05) is 18.4 Å². The number of amides is 1. The van der Waals surface area contributed by atoms with Gasteiger partial charge in [0.1, 0.15) is 11.5 Å². The molecule has 1 atom stereocenters. The zero-order valence-corrected chi connectivity index (χ0v) is 14.4. The number of para-hydroxylation sites is 1. The van der Waals surface area contributed by atoms with E-state index in [0.29, 0.717) is 17.8 Å². The van der Waals surface area contributed by atoms with Gasteiger partial charge in [0.2, 0.25) is 0 Å². The quantitative estimate of drug-likeness (QED) is 0.879. The number of nitrogens with zero attached hydrogens (tertiary/aromatic N) is 1. The van der Waals surface area contributed by atoms with Crippen LogP contribution in [0.15, 0.2) is 48.5 Å². The molecule has 25 heavy (non-hydrogen) atoms. The number of carbonyl (C=O) groups is 2. The Balaban J connectivity index is 1.95. The Hall–Kier alpha value is -2.66. The molecule has 0 saturated carbocycles. The Morgan fingerprint density at radius 3 is 2.48 bits per heavy atom. The van der Waals surface area contributed by atoms with E-state index >= 15 is 0 Å². The monoisotopic (exact) mass is 339 g/mol. The summed E-state index contributed by atoms with van der Waals surface area (Å²) in [5, 5.41) is 11.0. The summed E-state index contributed by atoms with van der Waals surface area (Å²) in [7, 11) is 1.60. The van der Waals surface area contributed by atoms with Crippen LogP contribution in [0.3, 0.4) is 0 Å². The highest BCUT2D eigenvalue weighted by Gasteiger charge is 2.50. The van der Waals surface area contributed by atoms with Gasteiger partial charge in [0.05, 0.1) is 19.3 Å². The van der Waals surface area contributed by atoms with E-state index in [-0.39, 0.29) is 18.6 Å². The summed E-state index contributed by atoms with van der Waals surface area (Å²) in [6.07, 6.45) is 0.0920. The predicted octanol–water partition coefficient (Wildman–Crippen LogP) is 2.80. The van der Waals surface area contributed by atoms with Crippen LogP contribution in [0.5, 0.6) is 5.75 Å². The first-order valence-electron chi connectivity index (χ1n) is 8.28. The van der Waals surface area contributed by atoms with E-state index in [1.807, 2.05) is 30.3 Å². The minimum absolute atomic E-state index is 0.142. The Morgan fingerprint density at radius 1 is 1.16 bits per heavy atom. The number of rotatable bonds is 6. The van der Waals surface area contributed by atoms with Crippen molar-refractivity contribution >= 4 is 17.4 Å². The second-order valence-electron chi connectivity index (χ2n) is 6.19. The lowest BCUT2D eigenvalue weighted by molar-refractivity contribution is -0.141. The first kappa shape index (κ1) is 17.2. The van der Waals surface area contributed by atoms with E-state index < -0.39 is 11.5 Å². The lowest BCUT2D eigenvalue weighted by Gasteiger charge is -2.22. The van der Waals surface area contributed by atoms with Crippen LogP contribution >= 0.6 is 0 Å². The van der Waals surface area contributed by atoms with Gasteiger partial charge in [-0.05, 0) is 23.8 Å². The van der Waals surface area contributed by atoms with Crippen molar-refractivity contribution in [3.63, 3.8) is 0 Å². The number of Topliss-reactive ketones (excluding diaryl/α,β-unsaturated/α-hetero) is 1. The van der Waals surface area contributed by atoms with Crippen LogP contribution in [0.2, 0.25) is 0 Å². The number of fused-ring (bicyclic) bond motifs is 1. The molecule has 3 rings (SSSR count). The standard InChI is InChI=1S/C20H21NO4/c1-3-15(22)12-20(24)17-6-4-5-7-18(17)21(19(20)23)13-14-8-10-16(25-2)11-9-14/h4-11,24H,3,12-13H2,1-2H3. The molecule has 130 valence electrons. The first-order chi connectivity index (χ1) is 12.0. The third-order valence-electron chi connectivity index (χ3n) is 4.59. The summed E-state index contributed by atoms with van der Waals surface area (Å²) in [6.45, 7) is 2.05. The molecule has 0 aliphatic carbocycles. The third-order valence-corrected chi connectivity index (χ3v) is 4.59. The summed E-state index contributed by atoms with van der Waals surface area (Å²) >= 11 is 0. The SMILES string of the molecule is CCC(=O)CC1(O)C(=O)N(Cc2ccc(OC)cc2)c2ccccc21. The molecule has 0 radical (unpaired) electrons. The Labute approximate surface area is 146 Å². The largest absolute Gasteiger partial charge is 0.497 e. The zero-order chi connectivity index (χ0) is 18.0. The van der Waals surface area contributed by atoms with Crippen LogP contribution < -0.4 is 9.64 Å². The molecule has 0 saturated heterocycles. The van der Waals surface area contributed by atoms with Gasteiger partial charge < -0.3 is 14.7 Å². The third kappa shape index (κ3) is 3.03. The number of carbonyl (C=O) groups excluding carboxylic acids is 2. The maximum absolute atomic E-state index is 13.0. The molecule has 1 N–H and O–H groups in total. The molecule has 2 aromatic rings. The van der Waals surface area contributed by atoms with E-state index in [0.717, 1.165) is 11.3 Å². The van der Waals surface area contributed by atoms with Crippen LogP contribution in [0.4, 0.5) is 5.69 Å². The highest BCUT2D eigenvalue weighted by Crippen LogP contribution is 2.43. The number of benzene rings is 2. The summed E-state index contributed by atoms with van der Waals surface area (Å²) < 4.78 is 5.15. The lowest BCUT2D eigenvalue weighted by Crippen LogP contribution is -2.41. The van der Waals surface area contributed by atoms with Crippen molar-refractivity contribution in [3.05, 3.63) is 59.7 Å². The lowest BCUT2D eigenvalue weighted by atomic mass is 9.89. The summed E-state index contributed by atoms with van der Waals surface area (Å²) in [5.41, 5.74) is 0.274. The average molecular weight is 339 g/mol. The van der Waals surface area contributed by atoms with E-state index in [1.165, 1.54) is 0 Å². The molecule has 0 spiro atoms. The van der Waals surface area contributed by atoms with E-state index in [9.17, 15) is 14.7 Å². The van der Waals surface area contributed by atoms with Crippen molar-refractivity contribution in [2.45, 2.75) is 31.9 Å². The summed E-state index contributed by atoms with van der Waals surface area (Å²) in [5.74, 6) is 0.144. The maximum atomic E-state index is 13.0. The minimum atomic E-state index is -1.78. The smallest absolute Gasteiger partial charge is 0.264 e. The number of anilines is 1. The van der Waals surface area contributed by atoms with Gasteiger partial charge in [-0.15, -0.1) is 0 Å². The van der Waals surface area contributed by atoms with Crippen LogP contribution in [-0.4, -0.2) is 23.9 Å². The Kier molecular flexibility index (Phi) is 4.59. The number of methoxy groups -OCH3 is 1. The first-order valence-corrected chi connectivity index (χ1v) is 8.28.